The second-order valence-corrected chi connectivity index (χ2v) is 16.7. The molecular formula is C57H39N3. The van der Waals surface area contributed by atoms with E-state index >= 15 is 0 Å². The van der Waals surface area contributed by atoms with E-state index in [-0.39, 0.29) is 5.41 Å². The zero-order valence-electron chi connectivity index (χ0n) is 33.4. The molecule has 2 aliphatic rings. The van der Waals surface area contributed by atoms with Crippen molar-refractivity contribution in [1.29, 1.82) is 0 Å². The second kappa shape index (κ2) is 13.0. The molecule has 0 atom stereocenters. The van der Waals surface area contributed by atoms with Crippen LogP contribution in [0.4, 0.5) is 0 Å². The summed E-state index contributed by atoms with van der Waals surface area (Å²) in [4.78, 5) is 16.2. The smallest absolute Gasteiger partial charge is 0.164 e. The first-order chi connectivity index (χ1) is 29.5. The molecule has 10 aromatic rings. The first-order valence-electron chi connectivity index (χ1n) is 20.8. The van der Waals surface area contributed by atoms with E-state index in [1.165, 1.54) is 66.4 Å². The lowest BCUT2D eigenvalue weighted by Gasteiger charge is -2.34. The van der Waals surface area contributed by atoms with Crippen LogP contribution in [0.5, 0.6) is 0 Å². The van der Waals surface area contributed by atoms with Crippen molar-refractivity contribution in [3.8, 4) is 56.4 Å². The minimum Gasteiger partial charge on any atom is -0.208 e. The number of hydrogen-bond donors (Lipinski definition) is 0. The van der Waals surface area contributed by atoms with Crippen LogP contribution in [-0.4, -0.2) is 15.0 Å². The van der Waals surface area contributed by atoms with Gasteiger partial charge in [0.05, 0.1) is 5.41 Å². The fourth-order valence-electron chi connectivity index (χ4n) is 10.4. The summed E-state index contributed by atoms with van der Waals surface area (Å²) in [5.41, 5.74) is 14.8. The van der Waals surface area contributed by atoms with Gasteiger partial charge in [-0.25, -0.2) is 15.0 Å². The molecule has 9 aromatic carbocycles. The molecular weight excluding hydrogens is 727 g/mol. The van der Waals surface area contributed by atoms with E-state index in [4.69, 9.17) is 15.0 Å². The standard InChI is InChI=1S/C57H39N3/c1-56(2)49-27-15-13-25-44(49)46-31-29-37(34-51(46)56)53-58-54(60-55(59-53)48-33-36-17-9-10-22-41(36)42-23-11-12-24-43(42)48)38-30-32-47-45-26-14-16-28-50(45)57(52(47)35-38,39-18-5-3-6-19-39)40-20-7-4-8-21-40/h3-35H,1-2H3. The summed E-state index contributed by atoms with van der Waals surface area (Å²) >= 11 is 0. The second-order valence-electron chi connectivity index (χ2n) is 16.7. The van der Waals surface area contributed by atoms with Crippen LogP contribution in [0.2, 0.25) is 0 Å². The van der Waals surface area contributed by atoms with Crippen LogP contribution in [0.25, 0.3) is 78.0 Å². The van der Waals surface area contributed by atoms with Crippen LogP contribution < -0.4 is 0 Å². The van der Waals surface area contributed by atoms with Crippen LogP contribution in [-0.2, 0) is 10.8 Å². The third-order valence-electron chi connectivity index (χ3n) is 13.2. The van der Waals surface area contributed by atoms with Crippen molar-refractivity contribution in [2.75, 3.05) is 0 Å². The number of aromatic nitrogens is 3. The van der Waals surface area contributed by atoms with Crippen molar-refractivity contribution in [3.05, 3.63) is 234 Å². The van der Waals surface area contributed by atoms with Gasteiger partial charge in [-0.3, -0.25) is 0 Å². The van der Waals surface area contributed by atoms with Gasteiger partial charge in [-0.15, -0.1) is 0 Å². The SMILES string of the molecule is CC1(C)c2ccccc2-c2ccc(-c3nc(-c4ccc5c(c4)C(c4ccccc4)(c4ccccc4)c4ccccc4-5)nc(-c4cc5ccccc5c5ccccc45)n3)cc21. The molecule has 0 spiro atoms. The van der Waals surface area contributed by atoms with Crippen LogP contribution in [0, 0.1) is 0 Å². The van der Waals surface area contributed by atoms with Gasteiger partial charge in [0.2, 0.25) is 0 Å². The summed E-state index contributed by atoms with van der Waals surface area (Å²) in [6.45, 7) is 4.64. The van der Waals surface area contributed by atoms with E-state index in [0.29, 0.717) is 17.5 Å². The molecule has 0 amide bonds. The zero-order chi connectivity index (χ0) is 40.0. The van der Waals surface area contributed by atoms with Crippen molar-refractivity contribution < 1.29 is 0 Å². The zero-order valence-corrected chi connectivity index (χ0v) is 33.4. The van der Waals surface area contributed by atoms with E-state index in [1.807, 2.05) is 0 Å². The lowest BCUT2D eigenvalue weighted by molar-refractivity contribution is 0.660. The van der Waals surface area contributed by atoms with E-state index in [1.54, 1.807) is 0 Å². The fourth-order valence-corrected chi connectivity index (χ4v) is 10.4. The molecule has 1 aromatic heterocycles. The van der Waals surface area contributed by atoms with Crippen LogP contribution in [0.3, 0.4) is 0 Å². The van der Waals surface area contributed by atoms with Crippen LogP contribution >= 0.6 is 0 Å². The van der Waals surface area contributed by atoms with Crippen molar-refractivity contribution >= 4 is 21.5 Å². The average Bonchev–Trinajstić information content (AvgIpc) is 3.74. The Morgan fingerprint density at radius 2 is 0.783 bits per heavy atom. The number of hydrogen-bond acceptors (Lipinski definition) is 3. The Morgan fingerprint density at radius 1 is 0.317 bits per heavy atom. The van der Waals surface area contributed by atoms with Gasteiger partial charge in [0.15, 0.2) is 17.5 Å². The first-order valence-corrected chi connectivity index (χ1v) is 20.8. The highest BCUT2D eigenvalue weighted by Gasteiger charge is 2.46. The normalized spacial score (nSPS) is 14.1. The van der Waals surface area contributed by atoms with Gasteiger partial charge in [-0.2, -0.15) is 0 Å². The van der Waals surface area contributed by atoms with E-state index < -0.39 is 5.41 Å². The molecule has 0 fully saturated rings. The highest BCUT2D eigenvalue weighted by molar-refractivity contribution is 6.13. The fraction of sp³-hybridized carbons (Fsp3) is 0.0702. The Labute approximate surface area is 349 Å². The Morgan fingerprint density at radius 3 is 1.45 bits per heavy atom. The largest absolute Gasteiger partial charge is 0.208 e. The lowest BCUT2D eigenvalue weighted by Crippen LogP contribution is -2.28. The monoisotopic (exact) mass is 765 g/mol. The highest BCUT2D eigenvalue weighted by atomic mass is 15.0. The molecule has 0 bridgehead atoms. The molecule has 2 aliphatic carbocycles. The van der Waals surface area contributed by atoms with E-state index in [0.717, 1.165) is 27.5 Å². The summed E-state index contributed by atoms with van der Waals surface area (Å²) < 4.78 is 0. The quantitative estimate of drug-likeness (QED) is 0.164. The van der Waals surface area contributed by atoms with Gasteiger partial charge in [-0.1, -0.05) is 196 Å². The maximum absolute atomic E-state index is 5.44. The van der Waals surface area contributed by atoms with Gasteiger partial charge in [0, 0.05) is 22.1 Å². The highest BCUT2D eigenvalue weighted by Crippen LogP contribution is 2.57. The van der Waals surface area contributed by atoms with Crippen molar-refractivity contribution in [1.82, 2.24) is 15.0 Å². The number of benzene rings is 9. The van der Waals surface area contributed by atoms with Gasteiger partial charge < -0.3 is 0 Å². The van der Waals surface area contributed by atoms with Crippen molar-refractivity contribution in [3.63, 3.8) is 0 Å². The third-order valence-corrected chi connectivity index (χ3v) is 13.2. The Hall–Kier alpha value is -7.49. The molecule has 0 unspecified atom stereocenters. The van der Waals surface area contributed by atoms with E-state index in [2.05, 4.69) is 214 Å². The molecule has 0 aliphatic heterocycles. The number of fused-ring (bicyclic) bond motifs is 9. The molecule has 0 saturated heterocycles. The molecule has 282 valence electrons. The van der Waals surface area contributed by atoms with Gasteiger partial charge >= 0.3 is 0 Å². The molecule has 3 heteroatoms. The van der Waals surface area contributed by atoms with Crippen LogP contribution in [0.1, 0.15) is 47.2 Å². The van der Waals surface area contributed by atoms with Gasteiger partial charge in [0.25, 0.3) is 0 Å². The number of nitrogens with zero attached hydrogens (tertiary/aromatic N) is 3. The minimum atomic E-state index is -0.543. The van der Waals surface area contributed by atoms with E-state index in [9.17, 15) is 0 Å². The molecule has 0 radical (unpaired) electrons. The molecule has 0 saturated carbocycles. The Bertz CT molecular complexity index is 3310. The van der Waals surface area contributed by atoms with Gasteiger partial charge in [0.1, 0.15) is 0 Å². The minimum absolute atomic E-state index is 0.164. The topological polar surface area (TPSA) is 38.7 Å². The van der Waals surface area contributed by atoms with Crippen molar-refractivity contribution in [2.24, 2.45) is 0 Å². The molecule has 60 heavy (non-hydrogen) atoms. The molecule has 1 heterocycles. The summed E-state index contributed by atoms with van der Waals surface area (Å²) in [6, 6.07) is 72.6. The van der Waals surface area contributed by atoms with Crippen LogP contribution in [0.15, 0.2) is 200 Å². The predicted octanol–water partition coefficient (Wildman–Crippen LogP) is 13.8. The molecule has 3 nitrogen and oxygen atoms in total. The lowest BCUT2D eigenvalue weighted by atomic mass is 9.67. The predicted molar refractivity (Wildman–Crippen MR) is 246 cm³/mol. The maximum atomic E-state index is 5.44. The summed E-state index contributed by atoms with van der Waals surface area (Å²) in [5.74, 6) is 1.95. The van der Waals surface area contributed by atoms with Crippen molar-refractivity contribution in [2.45, 2.75) is 24.7 Å². The van der Waals surface area contributed by atoms with Gasteiger partial charge in [-0.05, 0) is 95.4 Å². The Kier molecular flexibility index (Phi) is 7.49. The number of rotatable bonds is 5. The average molecular weight is 766 g/mol. The first kappa shape index (κ1) is 34.5. The summed E-state index contributed by atoms with van der Waals surface area (Å²) in [7, 11) is 0. The molecule has 12 rings (SSSR count). The molecule has 0 N–H and O–H groups in total. The third kappa shape index (κ3) is 4.93. The Balaban J connectivity index is 1.12. The summed E-state index contributed by atoms with van der Waals surface area (Å²) in [6.07, 6.45) is 0. The summed E-state index contributed by atoms with van der Waals surface area (Å²) in [5, 5.41) is 4.65. The maximum Gasteiger partial charge on any atom is 0.164 e.